The fraction of sp³-hybridized carbons (Fsp3) is 0.281. The van der Waals surface area contributed by atoms with Crippen molar-refractivity contribution in [2.45, 2.75) is 20.4 Å². The molecule has 0 atom stereocenters. The van der Waals surface area contributed by atoms with Gasteiger partial charge in [-0.15, -0.1) is 0 Å². The van der Waals surface area contributed by atoms with E-state index in [1.807, 2.05) is 50.5 Å². The number of rotatable bonds is 7. The summed E-state index contributed by atoms with van der Waals surface area (Å²) >= 11 is 0. The number of aryl methyl sites for hydroxylation is 3. The highest BCUT2D eigenvalue weighted by atomic mass is 16.5. The van der Waals surface area contributed by atoms with Gasteiger partial charge in [0.25, 0.3) is 5.91 Å². The second-order valence-corrected chi connectivity index (χ2v) is 10.9. The maximum absolute atomic E-state index is 13.3. The van der Waals surface area contributed by atoms with Gasteiger partial charge in [-0.2, -0.15) is 10.1 Å². The van der Waals surface area contributed by atoms with Crippen molar-refractivity contribution in [3.05, 3.63) is 89.4 Å². The molecule has 0 saturated carbocycles. The Balaban J connectivity index is 1.21. The number of likely N-dealkylation sites (N-methyl/N-ethyl adjacent to an activating group) is 1. The maximum Gasteiger partial charge on any atom is 0.255 e. The number of piperazine rings is 1. The van der Waals surface area contributed by atoms with Crippen LogP contribution < -0.4 is 10.1 Å². The Morgan fingerprint density at radius 3 is 2.57 bits per heavy atom. The van der Waals surface area contributed by atoms with Crippen LogP contribution in [0.15, 0.2) is 67.1 Å². The minimum Gasteiger partial charge on any atom is -0.438 e. The van der Waals surface area contributed by atoms with Gasteiger partial charge in [-0.05, 0) is 74.0 Å². The molecule has 5 aromatic rings. The van der Waals surface area contributed by atoms with Crippen molar-refractivity contribution in [2.75, 3.05) is 38.5 Å². The summed E-state index contributed by atoms with van der Waals surface area (Å²) in [5.41, 5.74) is 5.82. The quantitative estimate of drug-likeness (QED) is 0.301. The summed E-state index contributed by atoms with van der Waals surface area (Å²) in [5.74, 6) is 1.14. The molecule has 214 valence electrons. The first-order valence-corrected chi connectivity index (χ1v) is 14.0. The highest BCUT2D eigenvalue weighted by Gasteiger charge is 2.18. The Kier molecular flexibility index (Phi) is 7.64. The first-order chi connectivity index (χ1) is 20.3. The van der Waals surface area contributed by atoms with Crippen LogP contribution in [-0.2, 0) is 13.6 Å². The van der Waals surface area contributed by atoms with Crippen LogP contribution in [0, 0.1) is 13.8 Å². The fourth-order valence-corrected chi connectivity index (χ4v) is 5.05. The molecule has 4 heterocycles. The molecule has 0 unspecified atom stereocenters. The van der Waals surface area contributed by atoms with E-state index in [4.69, 9.17) is 9.72 Å². The molecular weight excluding hydrogens is 528 g/mol. The number of carbonyl (C=O) groups excluding carboxylic acids is 1. The second kappa shape index (κ2) is 11.7. The lowest BCUT2D eigenvalue weighted by Crippen LogP contribution is -2.43. The summed E-state index contributed by atoms with van der Waals surface area (Å²) < 4.78 is 8.02. The highest BCUT2D eigenvalue weighted by molar-refractivity contribution is 6.04. The number of nitrogens with zero attached hydrogens (tertiary/aromatic N) is 7. The second-order valence-electron chi connectivity index (χ2n) is 10.9. The number of nitrogens with one attached hydrogen (secondary N) is 1. The summed E-state index contributed by atoms with van der Waals surface area (Å²) in [6.45, 7) is 9.26. The van der Waals surface area contributed by atoms with Gasteiger partial charge in [-0.1, -0.05) is 12.1 Å². The summed E-state index contributed by atoms with van der Waals surface area (Å²) in [4.78, 5) is 31.6. The van der Waals surface area contributed by atoms with Crippen LogP contribution in [0.2, 0.25) is 0 Å². The van der Waals surface area contributed by atoms with Crippen LogP contribution in [0.25, 0.3) is 22.4 Å². The predicted octanol–water partition coefficient (Wildman–Crippen LogP) is 4.83. The average Bonchev–Trinajstić information content (AvgIpc) is 3.37. The van der Waals surface area contributed by atoms with Gasteiger partial charge in [-0.3, -0.25) is 19.4 Å². The summed E-state index contributed by atoms with van der Waals surface area (Å²) in [6.07, 6.45) is 5.22. The molecule has 1 saturated heterocycles. The van der Waals surface area contributed by atoms with E-state index >= 15 is 0 Å². The zero-order valence-electron chi connectivity index (χ0n) is 24.3. The molecule has 3 aromatic heterocycles. The molecule has 1 amide bonds. The van der Waals surface area contributed by atoms with Crippen LogP contribution in [0.5, 0.6) is 11.6 Å². The number of aromatic nitrogens is 5. The minimum atomic E-state index is -0.212. The molecule has 6 rings (SSSR count). The Hall–Kier alpha value is -4.67. The Labute approximate surface area is 245 Å². The van der Waals surface area contributed by atoms with Crippen molar-refractivity contribution in [1.29, 1.82) is 0 Å². The minimum absolute atomic E-state index is 0.212. The zero-order chi connectivity index (χ0) is 29.2. The van der Waals surface area contributed by atoms with E-state index in [2.05, 4.69) is 50.2 Å². The van der Waals surface area contributed by atoms with Gasteiger partial charge >= 0.3 is 0 Å². The van der Waals surface area contributed by atoms with Gasteiger partial charge in [-0.25, -0.2) is 4.98 Å². The van der Waals surface area contributed by atoms with Gasteiger partial charge in [0.1, 0.15) is 11.1 Å². The molecule has 10 heteroatoms. The van der Waals surface area contributed by atoms with E-state index in [-0.39, 0.29) is 5.91 Å². The third kappa shape index (κ3) is 6.00. The van der Waals surface area contributed by atoms with E-state index in [0.29, 0.717) is 34.1 Å². The number of amides is 1. The summed E-state index contributed by atoms with van der Waals surface area (Å²) in [7, 11) is 3.99. The third-order valence-corrected chi connectivity index (χ3v) is 7.63. The molecular formula is C32H34N8O2. The Morgan fingerprint density at radius 2 is 1.81 bits per heavy atom. The molecule has 0 bridgehead atoms. The molecule has 2 aromatic carbocycles. The number of hydrogen-bond donors (Lipinski definition) is 1. The molecule has 0 aliphatic carbocycles. The number of hydrogen-bond acceptors (Lipinski definition) is 8. The normalized spacial score (nSPS) is 14.3. The lowest BCUT2D eigenvalue weighted by atomic mass is 10.1. The summed E-state index contributed by atoms with van der Waals surface area (Å²) in [6, 6.07) is 15.3. The van der Waals surface area contributed by atoms with Gasteiger partial charge in [0.05, 0.1) is 0 Å². The topological polar surface area (TPSA) is 101 Å². The van der Waals surface area contributed by atoms with E-state index in [9.17, 15) is 4.79 Å². The van der Waals surface area contributed by atoms with E-state index in [1.165, 1.54) is 5.56 Å². The number of ether oxygens (including phenoxy) is 1. The number of carbonyl (C=O) groups is 1. The Bertz CT molecular complexity index is 1740. The largest absolute Gasteiger partial charge is 0.438 e. The van der Waals surface area contributed by atoms with Gasteiger partial charge in [0, 0.05) is 75.2 Å². The maximum atomic E-state index is 13.3. The molecule has 42 heavy (non-hydrogen) atoms. The number of anilines is 1. The van der Waals surface area contributed by atoms with Crippen LogP contribution in [0.3, 0.4) is 0 Å². The van der Waals surface area contributed by atoms with Crippen molar-refractivity contribution in [2.24, 2.45) is 7.05 Å². The first kappa shape index (κ1) is 27.5. The first-order valence-electron chi connectivity index (χ1n) is 14.0. The fourth-order valence-electron chi connectivity index (χ4n) is 5.05. The van der Waals surface area contributed by atoms with E-state index < -0.39 is 0 Å². The molecule has 1 N–H and O–H groups in total. The number of pyridine rings is 1. The summed E-state index contributed by atoms with van der Waals surface area (Å²) in [5, 5.41) is 8.18. The molecule has 1 aliphatic rings. The van der Waals surface area contributed by atoms with Gasteiger partial charge < -0.3 is 15.0 Å². The lowest BCUT2D eigenvalue weighted by molar-refractivity contribution is 0.102. The van der Waals surface area contributed by atoms with Crippen LogP contribution >= 0.6 is 0 Å². The SMILES string of the molecule is Cc1cc(NC(=O)c2ccc(C)c(Oc3nc(-c4cccnc4)nc4nn(C)cc34)c2)ccc1CN1CCN(C)CC1. The van der Waals surface area contributed by atoms with Crippen molar-refractivity contribution in [1.82, 2.24) is 34.5 Å². The predicted molar refractivity (Wildman–Crippen MR) is 163 cm³/mol. The van der Waals surface area contributed by atoms with Crippen molar-refractivity contribution >= 4 is 22.6 Å². The van der Waals surface area contributed by atoms with Crippen LogP contribution in [-0.4, -0.2) is 73.7 Å². The monoisotopic (exact) mass is 562 g/mol. The van der Waals surface area contributed by atoms with Crippen LogP contribution in [0.1, 0.15) is 27.0 Å². The molecule has 0 spiro atoms. The average molecular weight is 563 g/mol. The number of fused-ring (bicyclic) bond motifs is 1. The van der Waals surface area contributed by atoms with Gasteiger partial charge in [0.2, 0.25) is 5.88 Å². The lowest BCUT2D eigenvalue weighted by Gasteiger charge is -2.32. The van der Waals surface area contributed by atoms with E-state index in [1.54, 1.807) is 29.2 Å². The highest BCUT2D eigenvalue weighted by Crippen LogP contribution is 2.32. The van der Waals surface area contributed by atoms with Gasteiger partial charge in [0.15, 0.2) is 11.5 Å². The molecule has 1 aliphatic heterocycles. The molecule has 0 radical (unpaired) electrons. The van der Waals surface area contributed by atoms with Crippen molar-refractivity contribution < 1.29 is 9.53 Å². The zero-order valence-corrected chi connectivity index (χ0v) is 24.3. The molecule has 10 nitrogen and oxygen atoms in total. The Morgan fingerprint density at radius 1 is 0.976 bits per heavy atom. The van der Waals surface area contributed by atoms with E-state index in [0.717, 1.165) is 55.1 Å². The molecule has 1 fully saturated rings. The number of benzene rings is 2. The van der Waals surface area contributed by atoms with Crippen LogP contribution in [0.4, 0.5) is 5.69 Å². The van der Waals surface area contributed by atoms with Crippen molar-refractivity contribution in [3.63, 3.8) is 0 Å². The van der Waals surface area contributed by atoms with Crippen molar-refractivity contribution in [3.8, 4) is 23.0 Å². The third-order valence-electron chi connectivity index (χ3n) is 7.63. The standard InChI is InChI=1S/C32H34N8O2/c1-21-7-8-23(31(41)34-26-10-9-25(22(2)16-26)19-40-14-12-38(3)13-15-40)17-28(21)42-32-27-20-39(4)37-30(27)35-29(36-32)24-6-5-11-33-18-24/h5-11,16-18,20H,12-15,19H2,1-4H3,(H,34,41). The smallest absolute Gasteiger partial charge is 0.255 e.